The summed E-state index contributed by atoms with van der Waals surface area (Å²) in [4.78, 5) is 12.5. The van der Waals surface area contributed by atoms with Crippen LogP contribution in [0.2, 0.25) is 0 Å². The molecule has 0 rings (SSSR count). The zero-order valence-electron chi connectivity index (χ0n) is 34.5. The average Bonchev–Trinajstić information content (AvgIpc) is 3.13. The Labute approximate surface area is 319 Å². The highest BCUT2D eigenvalue weighted by molar-refractivity contribution is 5.80. The van der Waals surface area contributed by atoms with E-state index in [1.54, 1.807) is 6.08 Å². The maximum Gasteiger partial charge on any atom is 0.249 e. The predicted octanol–water partition coefficient (Wildman–Crippen LogP) is 13.2. The van der Waals surface area contributed by atoms with Crippen LogP contribution < -0.4 is 5.32 Å². The minimum Gasteiger partial charge on any atom is -0.394 e. The monoisotopic (exact) mass is 722 g/mol. The van der Waals surface area contributed by atoms with E-state index >= 15 is 0 Å². The van der Waals surface area contributed by atoms with E-state index in [9.17, 15) is 20.1 Å². The summed E-state index contributed by atoms with van der Waals surface area (Å²) in [6.45, 7) is 4.19. The Morgan fingerprint density at radius 1 is 0.471 bits per heavy atom. The zero-order chi connectivity index (χ0) is 37.3. The molecule has 0 aromatic heterocycles. The lowest BCUT2D eigenvalue weighted by atomic mass is 10.0. The molecular weight excluding hydrogens is 631 g/mol. The van der Waals surface area contributed by atoms with Gasteiger partial charge in [0.2, 0.25) is 5.91 Å². The van der Waals surface area contributed by atoms with Crippen molar-refractivity contribution in [3.05, 3.63) is 12.2 Å². The van der Waals surface area contributed by atoms with Crippen LogP contribution in [0.5, 0.6) is 0 Å². The molecule has 0 saturated heterocycles. The van der Waals surface area contributed by atoms with Crippen molar-refractivity contribution in [1.82, 2.24) is 5.32 Å². The summed E-state index contributed by atoms with van der Waals surface area (Å²) in [6, 6.07) is -0.792. The second kappa shape index (κ2) is 41.8. The Hall–Kier alpha value is -0.910. The third-order valence-corrected chi connectivity index (χ3v) is 10.9. The molecule has 0 aliphatic carbocycles. The summed E-state index contributed by atoms with van der Waals surface area (Å²) in [6.07, 6.45) is 49.7. The van der Waals surface area contributed by atoms with Crippen LogP contribution in [0.1, 0.15) is 251 Å². The molecule has 0 aromatic rings. The van der Waals surface area contributed by atoms with Crippen LogP contribution in [0.4, 0.5) is 0 Å². The summed E-state index contributed by atoms with van der Waals surface area (Å²) in [5, 5.41) is 33.1. The Bertz CT molecular complexity index is 713. The number of aliphatic hydroxyl groups is 3. The number of rotatable bonds is 42. The van der Waals surface area contributed by atoms with Gasteiger partial charge >= 0.3 is 0 Å². The van der Waals surface area contributed by atoms with Gasteiger partial charge in [-0.05, 0) is 19.3 Å². The van der Waals surface area contributed by atoms with Crippen molar-refractivity contribution in [3.63, 3.8) is 0 Å². The molecule has 0 saturated carbocycles. The molecule has 0 bridgehead atoms. The van der Waals surface area contributed by atoms with Crippen molar-refractivity contribution in [2.75, 3.05) is 6.61 Å². The smallest absolute Gasteiger partial charge is 0.249 e. The summed E-state index contributed by atoms with van der Waals surface area (Å²) < 4.78 is 0. The van der Waals surface area contributed by atoms with E-state index in [-0.39, 0.29) is 6.61 Å². The van der Waals surface area contributed by atoms with Crippen LogP contribution in [0.25, 0.3) is 0 Å². The summed E-state index contributed by atoms with van der Waals surface area (Å²) >= 11 is 0. The van der Waals surface area contributed by atoms with Gasteiger partial charge in [-0.3, -0.25) is 4.79 Å². The maximum atomic E-state index is 12.5. The fraction of sp³-hybridized carbons (Fsp3) is 0.935. The lowest BCUT2D eigenvalue weighted by molar-refractivity contribution is -0.131. The SMILES string of the molecule is CCCCCCCCCCCCC/C=C/[C@@H](O)[C@H](CO)NC(=O)C(O)CCCCCCCCCCCCCCCCCCCCCCCCCC. The highest BCUT2D eigenvalue weighted by Crippen LogP contribution is 2.17. The minimum atomic E-state index is -1.09. The fourth-order valence-electron chi connectivity index (χ4n) is 7.25. The molecule has 1 amide bonds. The molecular formula is C46H91NO4. The van der Waals surface area contributed by atoms with E-state index in [1.165, 1.54) is 199 Å². The van der Waals surface area contributed by atoms with Crippen molar-refractivity contribution < 1.29 is 20.1 Å². The average molecular weight is 722 g/mol. The molecule has 0 fully saturated rings. The van der Waals surface area contributed by atoms with Crippen LogP contribution >= 0.6 is 0 Å². The largest absolute Gasteiger partial charge is 0.394 e. The van der Waals surface area contributed by atoms with E-state index in [1.807, 2.05) is 6.08 Å². The van der Waals surface area contributed by atoms with Crippen molar-refractivity contribution in [3.8, 4) is 0 Å². The Morgan fingerprint density at radius 3 is 1.08 bits per heavy atom. The number of nitrogens with one attached hydrogen (secondary N) is 1. The first kappa shape index (κ1) is 50.1. The van der Waals surface area contributed by atoms with Gasteiger partial charge in [0.05, 0.1) is 18.8 Å². The fourth-order valence-corrected chi connectivity index (χ4v) is 7.25. The normalized spacial score (nSPS) is 13.6. The highest BCUT2D eigenvalue weighted by atomic mass is 16.3. The summed E-state index contributed by atoms with van der Waals surface area (Å²) in [5.74, 6) is -0.499. The van der Waals surface area contributed by atoms with Gasteiger partial charge in [-0.25, -0.2) is 0 Å². The highest BCUT2D eigenvalue weighted by Gasteiger charge is 2.22. The van der Waals surface area contributed by atoms with Gasteiger partial charge in [0, 0.05) is 0 Å². The first-order valence-electron chi connectivity index (χ1n) is 23.0. The van der Waals surface area contributed by atoms with E-state index in [0.29, 0.717) is 6.42 Å². The van der Waals surface area contributed by atoms with Crippen molar-refractivity contribution in [2.45, 2.75) is 270 Å². The molecule has 1 unspecified atom stereocenters. The Balaban J connectivity index is 3.57. The number of amides is 1. The molecule has 0 heterocycles. The van der Waals surface area contributed by atoms with Crippen molar-refractivity contribution >= 4 is 5.91 Å². The molecule has 5 heteroatoms. The zero-order valence-corrected chi connectivity index (χ0v) is 34.5. The lowest BCUT2D eigenvalue weighted by Gasteiger charge is -2.21. The first-order chi connectivity index (χ1) is 25.1. The minimum absolute atomic E-state index is 0.359. The van der Waals surface area contributed by atoms with E-state index < -0.39 is 24.2 Å². The van der Waals surface area contributed by atoms with E-state index in [0.717, 1.165) is 32.1 Å². The second-order valence-corrected chi connectivity index (χ2v) is 16.0. The first-order valence-corrected chi connectivity index (χ1v) is 23.0. The third-order valence-electron chi connectivity index (χ3n) is 10.9. The second-order valence-electron chi connectivity index (χ2n) is 16.0. The van der Waals surface area contributed by atoms with Gasteiger partial charge < -0.3 is 20.6 Å². The number of carbonyl (C=O) groups is 1. The molecule has 304 valence electrons. The van der Waals surface area contributed by atoms with E-state index in [2.05, 4.69) is 19.2 Å². The summed E-state index contributed by atoms with van der Waals surface area (Å²) in [5.41, 5.74) is 0. The molecule has 0 spiro atoms. The van der Waals surface area contributed by atoms with Crippen LogP contribution in [0, 0.1) is 0 Å². The van der Waals surface area contributed by atoms with Crippen LogP contribution in [0.3, 0.4) is 0 Å². The topological polar surface area (TPSA) is 89.8 Å². The molecule has 4 N–H and O–H groups in total. The van der Waals surface area contributed by atoms with Crippen molar-refractivity contribution in [1.29, 1.82) is 0 Å². The third kappa shape index (κ3) is 37.2. The van der Waals surface area contributed by atoms with Crippen LogP contribution in [-0.2, 0) is 4.79 Å². The van der Waals surface area contributed by atoms with Crippen LogP contribution in [0.15, 0.2) is 12.2 Å². The maximum absolute atomic E-state index is 12.5. The Morgan fingerprint density at radius 2 is 0.765 bits per heavy atom. The standard InChI is InChI=1S/C46H91NO4/c1-3-5-7-9-11-13-15-17-18-19-20-21-22-23-24-25-26-27-29-31-33-35-37-39-41-45(50)46(51)47-43(42-48)44(49)40-38-36-34-32-30-28-16-14-12-10-8-6-4-2/h38,40,43-45,48-50H,3-37,39,41-42H2,1-2H3,(H,47,51)/b40-38+/t43-,44+,45?/m0/s1. The molecule has 0 aromatic carbocycles. The summed E-state index contributed by atoms with van der Waals surface area (Å²) in [7, 11) is 0. The number of carbonyl (C=O) groups excluding carboxylic acids is 1. The number of hydrogen-bond donors (Lipinski definition) is 4. The molecule has 5 nitrogen and oxygen atoms in total. The number of aliphatic hydroxyl groups excluding tert-OH is 3. The predicted molar refractivity (Wildman–Crippen MR) is 222 cm³/mol. The van der Waals surface area contributed by atoms with Gasteiger partial charge in [0.15, 0.2) is 0 Å². The van der Waals surface area contributed by atoms with Crippen molar-refractivity contribution in [2.24, 2.45) is 0 Å². The molecule has 3 atom stereocenters. The number of allylic oxidation sites excluding steroid dienone is 1. The number of unbranched alkanes of at least 4 members (excludes halogenated alkanes) is 34. The van der Waals surface area contributed by atoms with Crippen LogP contribution in [-0.4, -0.2) is 46.1 Å². The van der Waals surface area contributed by atoms with Gasteiger partial charge in [-0.1, -0.05) is 244 Å². The van der Waals surface area contributed by atoms with Gasteiger partial charge in [0.1, 0.15) is 6.10 Å². The van der Waals surface area contributed by atoms with E-state index in [4.69, 9.17) is 0 Å². The Kier molecular flexibility index (Phi) is 41.1. The van der Waals surface area contributed by atoms with Gasteiger partial charge in [-0.2, -0.15) is 0 Å². The lowest BCUT2D eigenvalue weighted by Crippen LogP contribution is -2.48. The molecule has 0 aliphatic heterocycles. The molecule has 51 heavy (non-hydrogen) atoms. The quantitative estimate of drug-likeness (QED) is 0.0373. The molecule has 0 aliphatic rings. The number of hydrogen-bond acceptors (Lipinski definition) is 4. The molecule has 0 radical (unpaired) electrons. The van der Waals surface area contributed by atoms with Gasteiger partial charge in [0.25, 0.3) is 0 Å². The van der Waals surface area contributed by atoms with Gasteiger partial charge in [-0.15, -0.1) is 0 Å².